The summed E-state index contributed by atoms with van der Waals surface area (Å²) in [5, 5.41) is 5.46. The lowest BCUT2D eigenvalue weighted by molar-refractivity contribution is -0.150. The number of nitrogens with one attached hydrogen (secondary N) is 2. The molecule has 142 valence electrons. The Morgan fingerprint density at radius 1 is 1.04 bits per heavy atom. The molecule has 0 spiro atoms. The highest BCUT2D eigenvalue weighted by Crippen LogP contribution is 2.14. The van der Waals surface area contributed by atoms with Gasteiger partial charge in [-0.25, -0.2) is 4.79 Å². The molecule has 0 saturated heterocycles. The van der Waals surface area contributed by atoms with Crippen molar-refractivity contribution in [2.45, 2.75) is 19.4 Å². The average Bonchev–Trinajstić information content (AvgIpc) is 2.67. The third-order valence-electron chi connectivity index (χ3n) is 3.74. The van der Waals surface area contributed by atoms with E-state index in [0.29, 0.717) is 13.0 Å². The highest BCUT2D eigenvalue weighted by Gasteiger charge is 2.20. The van der Waals surface area contributed by atoms with Crippen molar-refractivity contribution in [1.82, 2.24) is 10.6 Å². The van der Waals surface area contributed by atoms with Crippen LogP contribution in [0.5, 0.6) is 0 Å². The van der Waals surface area contributed by atoms with E-state index in [2.05, 4.69) is 10.6 Å². The van der Waals surface area contributed by atoms with Crippen molar-refractivity contribution in [2.75, 3.05) is 13.2 Å². The summed E-state index contributed by atoms with van der Waals surface area (Å²) in [4.78, 5) is 35.8. The second-order valence-corrected chi connectivity index (χ2v) is 6.28. The summed E-state index contributed by atoms with van der Waals surface area (Å²) in [5.41, 5.74) is 1.36. The van der Waals surface area contributed by atoms with Gasteiger partial charge in [-0.3, -0.25) is 9.59 Å². The summed E-state index contributed by atoms with van der Waals surface area (Å²) in [6, 6.07) is 15.3. The number of hydrogen-bond acceptors (Lipinski definition) is 4. The van der Waals surface area contributed by atoms with E-state index < -0.39 is 30.4 Å². The van der Waals surface area contributed by atoms with Crippen LogP contribution in [-0.4, -0.2) is 37.0 Å². The Morgan fingerprint density at radius 3 is 2.41 bits per heavy atom. The van der Waals surface area contributed by atoms with E-state index in [0.717, 1.165) is 5.56 Å². The Morgan fingerprint density at radius 2 is 1.70 bits per heavy atom. The van der Waals surface area contributed by atoms with Gasteiger partial charge in [0.05, 0.1) is 10.6 Å². The first-order valence-electron chi connectivity index (χ1n) is 8.50. The SMILES string of the molecule is C[C@@H](NC(=O)c1ccccc1Cl)C(=O)OCC(=O)NCCc1ccccc1. The molecular formula is C20H21ClN2O4. The summed E-state index contributed by atoms with van der Waals surface area (Å²) in [5.74, 6) is -1.59. The number of hydrogen-bond donors (Lipinski definition) is 2. The standard InChI is InChI=1S/C20H21ClN2O4/c1-14(23-19(25)16-9-5-6-10-17(16)21)20(26)27-13-18(24)22-12-11-15-7-3-2-4-8-15/h2-10,14H,11-13H2,1H3,(H,22,24)(H,23,25)/t14-/m1/s1. The van der Waals surface area contributed by atoms with Crippen molar-refractivity contribution in [2.24, 2.45) is 0 Å². The Balaban J connectivity index is 1.70. The number of carbonyl (C=O) groups is 3. The summed E-state index contributed by atoms with van der Waals surface area (Å²) >= 11 is 5.95. The van der Waals surface area contributed by atoms with Gasteiger partial charge in [-0.15, -0.1) is 0 Å². The van der Waals surface area contributed by atoms with E-state index in [-0.39, 0.29) is 10.6 Å². The fraction of sp³-hybridized carbons (Fsp3) is 0.250. The Hall–Kier alpha value is -2.86. The molecule has 0 aliphatic heterocycles. The lowest BCUT2D eigenvalue weighted by atomic mass is 10.1. The molecule has 0 unspecified atom stereocenters. The van der Waals surface area contributed by atoms with Crippen LogP contribution in [0.3, 0.4) is 0 Å². The van der Waals surface area contributed by atoms with Gasteiger partial charge in [0.2, 0.25) is 0 Å². The lowest BCUT2D eigenvalue weighted by Crippen LogP contribution is -2.41. The summed E-state index contributed by atoms with van der Waals surface area (Å²) < 4.78 is 4.94. The number of halogens is 1. The number of amides is 2. The molecule has 2 N–H and O–H groups in total. The maximum atomic E-state index is 12.1. The van der Waals surface area contributed by atoms with Gasteiger partial charge in [0, 0.05) is 6.54 Å². The van der Waals surface area contributed by atoms with Gasteiger partial charge in [0.25, 0.3) is 11.8 Å². The third-order valence-corrected chi connectivity index (χ3v) is 4.07. The normalized spacial score (nSPS) is 11.3. The molecular weight excluding hydrogens is 368 g/mol. The first-order chi connectivity index (χ1) is 13.0. The van der Waals surface area contributed by atoms with E-state index in [1.54, 1.807) is 24.3 Å². The van der Waals surface area contributed by atoms with Crippen molar-refractivity contribution in [1.29, 1.82) is 0 Å². The molecule has 0 fully saturated rings. The van der Waals surface area contributed by atoms with Gasteiger partial charge in [-0.05, 0) is 31.0 Å². The molecule has 0 aromatic heterocycles. The second-order valence-electron chi connectivity index (χ2n) is 5.87. The quantitative estimate of drug-likeness (QED) is 0.680. The molecule has 7 heteroatoms. The average molecular weight is 389 g/mol. The van der Waals surface area contributed by atoms with Crippen LogP contribution in [0.4, 0.5) is 0 Å². The third kappa shape index (κ3) is 6.75. The molecule has 1 atom stereocenters. The molecule has 0 heterocycles. The smallest absolute Gasteiger partial charge is 0.328 e. The van der Waals surface area contributed by atoms with Crippen molar-refractivity contribution >= 4 is 29.4 Å². The minimum Gasteiger partial charge on any atom is -0.454 e. The van der Waals surface area contributed by atoms with E-state index in [9.17, 15) is 14.4 Å². The lowest BCUT2D eigenvalue weighted by Gasteiger charge is -2.14. The molecule has 2 amide bonds. The minimum atomic E-state index is -0.911. The van der Waals surface area contributed by atoms with Crippen LogP contribution in [0.2, 0.25) is 5.02 Å². The van der Waals surface area contributed by atoms with Crippen LogP contribution < -0.4 is 10.6 Å². The van der Waals surface area contributed by atoms with Crippen LogP contribution in [-0.2, 0) is 20.7 Å². The van der Waals surface area contributed by atoms with Gasteiger partial charge >= 0.3 is 5.97 Å². The van der Waals surface area contributed by atoms with E-state index in [1.807, 2.05) is 30.3 Å². The predicted molar refractivity (Wildman–Crippen MR) is 102 cm³/mol. The zero-order valence-corrected chi connectivity index (χ0v) is 15.7. The van der Waals surface area contributed by atoms with Gasteiger partial charge < -0.3 is 15.4 Å². The molecule has 0 saturated carbocycles. The topological polar surface area (TPSA) is 84.5 Å². The van der Waals surface area contributed by atoms with Gasteiger partial charge in [0.15, 0.2) is 6.61 Å². The highest BCUT2D eigenvalue weighted by atomic mass is 35.5. The number of ether oxygens (including phenoxy) is 1. The first kappa shape index (κ1) is 20.5. The van der Waals surface area contributed by atoms with E-state index >= 15 is 0 Å². The molecule has 0 aliphatic rings. The highest BCUT2D eigenvalue weighted by molar-refractivity contribution is 6.33. The molecule has 6 nitrogen and oxygen atoms in total. The number of rotatable bonds is 8. The number of benzene rings is 2. The summed E-state index contributed by atoms with van der Waals surface area (Å²) in [6.45, 7) is 1.52. The molecule has 0 radical (unpaired) electrons. The number of esters is 1. The first-order valence-corrected chi connectivity index (χ1v) is 8.88. The van der Waals surface area contributed by atoms with Crippen molar-refractivity contribution in [3.63, 3.8) is 0 Å². The van der Waals surface area contributed by atoms with Crippen LogP contribution >= 0.6 is 11.6 Å². The predicted octanol–water partition coefficient (Wildman–Crippen LogP) is 2.36. The monoisotopic (exact) mass is 388 g/mol. The van der Waals surface area contributed by atoms with Crippen LogP contribution in [0.15, 0.2) is 54.6 Å². The van der Waals surface area contributed by atoms with E-state index in [1.165, 1.54) is 6.92 Å². The van der Waals surface area contributed by atoms with Crippen molar-refractivity contribution in [3.05, 3.63) is 70.7 Å². The maximum absolute atomic E-state index is 12.1. The molecule has 2 aromatic carbocycles. The molecule has 2 aromatic rings. The molecule has 0 bridgehead atoms. The van der Waals surface area contributed by atoms with Crippen LogP contribution in [0, 0.1) is 0 Å². The summed E-state index contributed by atoms with van der Waals surface area (Å²) in [7, 11) is 0. The molecule has 27 heavy (non-hydrogen) atoms. The zero-order chi connectivity index (χ0) is 19.6. The van der Waals surface area contributed by atoms with E-state index in [4.69, 9.17) is 16.3 Å². The largest absolute Gasteiger partial charge is 0.454 e. The maximum Gasteiger partial charge on any atom is 0.328 e. The van der Waals surface area contributed by atoms with Crippen molar-refractivity contribution < 1.29 is 19.1 Å². The van der Waals surface area contributed by atoms with Crippen LogP contribution in [0.1, 0.15) is 22.8 Å². The zero-order valence-electron chi connectivity index (χ0n) is 14.9. The van der Waals surface area contributed by atoms with Gasteiger partial charge in [0.1, 0.15) is 6.04 Å². The minimum absolute atomic E-state index is 0.262. The Kier molecular flexibility index (Phi) is 7.82. The summed E-state index contributed by atoms with van der Waals surface area (Å²) in [6.07, 6.45) is 0.685. The molecule has 2 rings (SSSR count). The van der Waals surface area contributed by atoms with Crippen molar-refractivity contribution in [3.8, 4) is 0 Å². The molecule has 0 aliphatic carbocycles. The Labute approximate surface area is 162 Å². The van der Waals surface area contributed by atoms with Crippen LogP contribution in [0.25, 0.3) is 0 Å². The fourth-order valence-electron chi connectivity index (χ4n) is 2.28. The fourth-order valence-corrected chi connectivity index (χ4v) is 2.50. The second kappa shape index (κ2) is 10.3. The number of carbonyl (C=O) groups excluding carboxylic acids is 3. The van der Waals surface area contributed by atoms with Gasteiger partial charge in [-0.1, -0.05) is 54.1 Å². The van der Waals surface area contributed by atoms with Gasteiger partial charge in [-0.2, -0.15) is 0 Å². The Bertz CT molecular complexity index is 796.